The molecule has 0 bridgehead atoms. The van der Waals surface area contributed by atoms with Crippen molar-refractivity contribution in [2.75, 3.05) is 0 Å². The first-order valence-electron chi connectivity index (χ1n) is 13.4. The number of ether oxygens (including phenoxy) is 2. The highest BCUT2D eigenvalue weighted by Gasteiger charge is 2.28. The van der Waals surface area contributed by atoms with Crippen LogP contribution in [0.4, 0.5) is 0 Å². The van der Waals surface area contributed by atoms with Crippen molar-refractivity contribution in [1.82, 2.24) is 0 Å². The van der Waals surface area contributed by atoms with Gasteiger partial charge in [0, 0.05) is 0 Å². The lowest BCUT2D eigenvalue weighted by Crippen LogP contribution is -2.27. The molecule has 0 saturated carbocycles. The van der Waals surface area contributed by atoms with E-state index in [1.807, 2.05) is 58.0 Å². The van der Waals surface area contributed by atoms with E-state index in [0.717, 1.165) is 44.3 Å². The number of nitriles is 2. The summed E-state index contributed by atoms with van der Waals surface area (Å²) in [6, 6.07) is 22.7. The molecule has 0 unspecified atom stereocenters. The lowest BCUT2D eigenvalue weighted by atomic mass is 9.79. The molecule has 2 heterocycles. The minimum atomic E-state index is -0.857. The summed E-state index contributed by atoms with van der Waals surface area (Å²) in [5.74, 6) is 2.54. The molecule has 0 amide bonds. The first-order chi connectivity index (χ1) is 20.2. The van der Waals surface area contributed by atoms with Crippen LogP contribution in [0.25, 0.3) is 0 Å². The second-order valence-electron chi connectivity index (χ2n) is 10.4. The van der Waals surface area contributed by atoms with Gasteiger partial charge in [-0.25, -0.2) is 0 Å². The predicted molar refractivity (Wildman–Crippen MR) is 159 cm³/mol. The molecule has 0 spiro atoms. The van der Waals surface area contributed by atoms with Crippen LogP contribution in [0.1, 0.15) is 44.5 Å². The Morgan fingerprint density at radius 2 is 1.24 bits per heavy atom. The summed E-state index contributed by atoms with van der Waals surface area (Å²) in [6.07, 6.45) is 0. The smallest absolute Gasteiger partial charge is 0.457 e. The third-order valence-electron chi connectivity index (χ3n) is 7.18. The average molecular weight is 558 g/mol. The molecular formula is C32H28B2N2O6. The van der Waals surface area contributed by atoms with Crippen molar-refractivity contribution in [3.8, 4) is 35.1 Å². The number of aryl methyl sites for hydroxylation is 4. The van der Waals surface area contributed by atoms with E-state index >= 15 is 0 Å². The molecule has 10 heteroatoms. The molecule has 8 nitrogen and oxygen atoms in total. The third kappa shape index (κ3) is 6.03. The van der Waals surface area contributed by atoms with Gasteiger partial charge in [0.2, 0.25) is 0 Å². The zero-order valence-corrected chi connectivity index (χ0v) is 23.8. The summed E-state index contributed by atoms with van der Waals surface area (Å²) < 4.78 is 22.1. The molecular weight excluding hydrogens is 530 g/mol. The Morgan fingerprint density at radius 1 is 0.667 bits per heavy atom. The highest BCUT2D eigenvalue weighted by atomic mass is 16.5. The van der Waals surface area contributed by atoms with Crippen LogP contribution in [0.15, 0.2) is 60.7 Å². The van der Waals surface area contributed by atoms with Gasteiger partial charge in [0.1, 0.15) is 29.1 Å². The summed E-state index contributed by atoms with van der Waals surface area (Å²) in [4.78, 5) is 0. The zero-order chi connectivity index (χ0) is 30.0. The summed E-state index contributed by atoms with van der Waals surface area (Å²) in [7, 11) is -1.70. The quantitative estimate of drug-likeness (QED) is 0.354. The molecule has 0 fully saturated rings. The van der Waals surface area contributed by atoms with E-state index in [4.69, 9.17) is 24.0 Å². The van der Waals surface area contributed by atoms with Crippen LogP contribution >= 0.6 is 0 Å². The highest BCUT2D eigenvalue weighted by Crippen LogP contribution is 2.31. The van der Waals surface area contributed by atoms with Crippen LogP contribution in [0.5, 0.6) is 23.0 Å². The maximum Gasteiger partial charge on any atom is 0.491 e. The van der Waals surface area contributed by atoms with Crippen molar-refractivity contribution in [2.24, 2.45) is 0 Å². The van der Waals surface area contributed by atoms with Crippen molar-refractivity contribution in [3.05, 3.63) is 105 Å². The SMILES string of the molecule is Cc1cc(C)c(Oc2ccc3c(c2)COB3O)c(C#N)c1.Cc1cc(C)c(Oc2ccc3c(c2)COB3O)cc1C#N. The largest absolute Gasteiger partial charge is 0.491 e. The minimum Gasteiger partial charge on any atom is -0.457 e. The van der Waals surface area contributed by atoms with E-state index in [9.17, 15) is 15.3 Å². The van der Waals surface area contributed by atoms with Gasteiger partial charge in [-0.1, -0.05) is 24.3 Å². The van der Waals surface area contributed by atoms with Gasteiger partial charge in [-0.05, 0) is 108 Å². The molecule has 0 radical (unpaired) electrons. The lowest BCUT2D eigenvalue weighted by Gasteiger charge is -2.12. The Hall–Kier alpha value is -4.57. The molecule has 0 aromatic heterocycles. The van der Waals surface area contributed by atoms with Gasteiger partial charge in [0.25, 0.3) is 0 Å². The number of benzene rings is 4. The molecule has 6 rings (SSSR count). The second kappa shape index (κ2) is 12.1. The summed E-state index contributed by atoms with van der Waals surface area (Å²) in [6.45, 7) is 8.47. The van der Waals surface area contributed by atoms with Crippen molar-refractivity contribution >= 4 is 25.2 Å². The van der Waals surface area contributed by atoms with Gasteiger partial charge < -0.3 is 28.8 Å². The van der Waals surface area contributed by atoms with Crippen LogP contribution in [0.2, 0.25) is 0 Å². The number of rotatable bonds is 4. The van der Waals surface area contributed by atoms with E-state index in [1.165, 1.54) is 0 Å². The van der Waals surface area contributed by atoms with Crippen LogP contribution in [-0.2, 0) is 22.5 Å². The molecule has 2 aliphatic heterocycles. The maximum atomic E-state index is 9.61. The highest BCUT2D eigenvalue weighted by molar-refractivity contribution is 6.62. The molecule has 0 saturated heterocycles. The Labute approximate surface area is 245 Å². The topological polar surface area (TPSA) is 125 Å². The fraction of sp³-hybridized carbons (Fsp3) is 0.188. The molecule has 4 aromatic carbocycles. The minimum absolute atomic E-state index is 0.367. The molecule has 4 aromatic rings. The van der Waals surface area contributed by atoms with Gasteiger partial charge in [0.05, 0.1) is 30.4 Å². The molecule has 0 atom stereocenters. The van der Waals surface area contributed by atoms with E-state index < -0.39 is 14.2 Å². The van der Waals surface area contributed by atoms with Crippen LogP contribution < -0.4 is 20.4 Å². The predicted octanol–water partition coefficient (Wildman–Crippen LogP) is 4.37. The van der Waals surface area contributed by atoms with Gasteiger partial charge >= 0.3 is 14.2 Å². The Morgan fingerprint density at radius 3 is 1.81 bits per heavy atom. The monoisotopic (exact) mass is 558 g/mol. The molecule has 42 heavy (non-hydrogen) atoms. The third-order valence-corrected chi connectivity index (χ3v) is 7.18. The van der Waals surface area contributed by atoms with Crippen molar-refractivity contribution in [2.45, 2.75) is 40.9 Å². The van der Waals surface area contributed by atoms with Crippen LogP contribution in [-0.4, -0.2) is 24.3 Å². The first kappa shape index (κ1) is 28.9. The Balaban J connectivity index is 0.000000168. The second-order valence-corrected chi connectivity index (χ2v) is 10.4. The normalized spacial score (nSPS) is 13.0. The Bertz CT molecular complexity index is 1760. The van der Waals surface area contributed by atoms with Crippen LogP contribution in [0.3, 0.4) is 0 Å². The van der Waals surface area contributed by atoms with Crippen molar-refractivity contribution < 1.29 is 28.8 Å². The zero-order valence-electron chi connectivity index (χ0n) is 23.8. The van der Waals surface area contributed by atoms with Gasteiger partial charge in [-0.3, -0.25) is 0 Å². The number of hydrogen-bond donors (Lipinski definition) is 2. The van der Waals surface area contributed by atoms with Crippen LogP contribution in [0, 0.1) is 50.4 Å². The van der Waals surface area contributed by atoms with E-state index in [2.05, 4.69) is 12.1 Å². The molecule has 208 valence electrons. The number of nitrogens with zero attached hydrogens (tertiary/aromatic N) is 2. The standard InChI is InChI=1S/2C16H14BNO3/c1-10-5-11(2)16(7-12(10)8-18)21-14-3-4-15-13(6-14)9-20-17(15)19;1-10-5-11(2)16(12(6-10)8-18)21-14-3-4-15-13(7-14)9-20-17(15)19/h2*3-7,19H,9H2,1-2H3. The molecule has 0 aliphatic carbocycles. The number of fused-ring (bicyclic) bond motifs is 2. The van der Waals surface area contributed by atoms with Crippen molar-refractivity contribution in [1.29, 1.82) is 10.5 Å². The first-order valence-corrected chi connectivity index (χ1v) is 13.4. The fourth-order valence-electron chi connectivity index (χ4n) is 5.02. The molecule has 2 N–H and O–H groups in total. The average Bonchev–Trinajstić information content (AvgIpc) is 3.53. The van der Waals surface area contributed by atoms with E-state index in [0.29, 0.717) is 47.3 Å². The maximum absolute atomic E-state index is 9.61. The number of hydrogen-bond acceptors (Lipinski definition) is 8. The molecule has 2 aliphatic rings. The summed E-state index contributed by atoms with van der Waals surface area (Å²) in [5.41, 5.74) is 8.36. The van der Waals surface area contributed by atoms with Gasteiger partial charge in [-0.2, -0.15) is 10.5 Å². The summed E-state index contributed by atoms with van der Waals surface area (Å²) in [5, 5.41) is 37.6. The summed E-state index contributed by atoms with van der Waals surface area (Å²) >= 11 is 0. The Kier molecular flexibility index (Phi) is 8.35. The van der Waals surface area contributed by atoms with Gasteiger partial charge in [-0.15, -0.1) is 0 Å². The fourth-order valence-corrected chi connectivity index (χ4v) is 5.02. The van der Waals surface area contributed by atoms with Gasteiger partial charge in [0.15, 0.2) is 0 Å². The lowest BCUT2D eigenvalue weighted by molar-refractivity contribution is 0.274. The van der Waals surface area contributed by atoms with Crippen molar-refractivity contribution in [3.63, 3.8) is 0 Å². The van der Waals surface area contributed by atoms with E-state index in [1.54, 1.807) is 30.3 Å². The van der Waals surface area contributed by atoms with E-state index in [-0.39, 0.29) is 0 Å².